The van der Waals surface area contributed by atoms with Gasteiger partial charge in [0.05, 0.1) is 0 Å². The molecule has 0 saturated carbocycles. The second-order valence-electron chi connectivity index (χ2n) is 20.6. The molecule has 0 N–H and O–H groups in total. The molecule has 0 aliphatic heterocycles. The van der Waals surface area contributed by atoms with Crippen LogP contribution in [0.3, 0.4) is 0 Å². The van der Waals surface area contributed by atoms with Crippen molar-refractivity contribution < 1.29 is 28.6 Å². The predicted octanol–water partition coefficient (Wildman–Crippen LogP) is 21.6. The highest BCUT2D eigenvalue weighted by atomic mass is 16.6. The van der Waals surface area contributed by atoms with Gasteiger partial charge >= 0.3 is 17.9 Å². The molecule has 0 fully saturated rings. The van der Waals surface area contributed by atoms with Gasteiger partial charge in [0.1, 0.15) is 13.2 Å². The van der Waals surface area contributed by atoms with Crippen molar-refractivity contribution in [1.82, 2.24) is 0 Å². The van der Waals surface area contributed by atoms with Crippen molar-refractivity contribution in [2.45, 2.75) is 290 Å². The van der Waals surface area contributed by atoms with Crippen molar-refractivity contribution in [3.63, 3.8) is 0 Å². The van der Waals surface area contributed by atoms with Gasteiger partial charge in [0, 0.05) is 19.3 Å². The van der Waals surface area contributed by atoms with Crippen LogP contribution in [0.15, 0.2) is 122 Å². The minimum absolute atomic E-state index is 0.107. The molecule has 0 aromatic carbocycles. The maximum absolute atomic E-state index is 12.9. The minimum atomic E-state index is -0.813. The number of hydrogen-bond acceptors (Lipinski definition) is 6. The van der Waals surface area contributed by atoms with E-state index in [0.29, 0.717) is 19.3 Å². The summed E-state index contributed by atoms with van der Waals surface area (Å²) in [6.45, 7) is 6.37. The molecule has 0 saturated heterocycles. The third-order valence-corrected chi connectivity index (χ3v) is 13.2. The summed E-state index contributed by atoms with van der Waals surface area (Å²) in [6.07, 6.45) is 87.8. The summed E-state index contributed by atoms with van der Waals surface area (Å²) < 4.78 is 16.9. The SMILES string of the molecule is CC/C=C\C/C=C\C/C=C\C/C=C\C/C=C\CCCCCCCC(=O)OCC(COC(=O)CCC/C=C\C/C=C\C/C=C\C/C=C\C/C=C\CC)OC(=O)CCCCCCCCCCCCCCCCCCCCCC. The van der Waals surface area contributed by atoms with Gasteiger partial charge < -0.3 is 14.2 Å². The number of rotatable bonds is 56. The van der Waals surface area contributed by atoms with E-state index in [1.165, 1.54) is 109 Å². The lowest BCUT2D eigenvalue weighted by Gasteiger charge is -2.18. The van der Waals surface area contributed by atoms with Crippen LogP contribution >= 0.6 is 0 Å². The topological polar surface area (TPSA) is 78.9 Å². The van der Waals surface area contributed by atoms with Gasteiger partial charge in [0.2, 0.25) is 0 Å². The highest BCUT2D eigenvalue weighted by Crippen LogP contribution is 2.16. The van der Waals surface area contributed by atoms with Crippen molar-refractivity contribution in [2.24, 2.45) is 0 Å². The van der Waals surface area contributed by atoms with Crippen molar-refractivity contribution in [3.8, 4) is 0 Å². The monoisotopic (exact) mass is 1050 g/mol. The first-order chi connectivity index (χ1) is 37.5. The second kappa shape index (κ2) is 63.3. The fraction of sp³-hybridized carbons (Fsp3) is 0.671. The van der Waals surface area contributed by atoms with Gasteiger partial charge in [-0.2, -0.15) is 0 Å². The van der Waals surface area contributed by atoms with E-state index in [1.54, 1.807) is 0 Å². The van der Waals surface area contributed by atoms with Gasteiger partial charge in [-0.25, -0.2) is 0 Å². The maximum Gasteiger partial charge on any atom is 0.306 e. The van der Waals surface area contributed by atoms with Crippen LogP contribution in [0.4, 0.5) is 0 Å². The maximum atomic E-state index is 12.9. The van der Waals surface area contributed by atoms with Crippen LogP contribution in [-0.2, 0) is 28.6 Å². The number of allylic oxidation sites excluding steroid dienone is 20. The van der Waals surface area contributed by atoms with E-state index >= 15 is 0 Å². The number of carbonyl (C=O) groups is 3. The Kier molecular flexibility index (Phi) is 59.9. The number of ether oxygens (including phenoxy) is 3. The molecule has 6 nitrogen and oxygen atoms in total. The van der Waals surface area contributed by atoms with E-state index in [9.17, 15) is 14.4 Å². The summed E-state index contributed by atoms with van der Waals surface area (Å²) in [5.41, 5.74) is 0. The Hall–Kier alpha value is -4.19. The molecular weight excluding hydrogens is 937 g/mol. The number of carbonyl (C=O) groups excluding carboxylic acids is 3. The molecule has 0 amide bonds. The summed E-state index contributed by atoms with van der Waals surface area (Å²) >= 11 is 0. The number of hydrogen-bond donors (Lipinski definition) is 0. The van der Waals surface area contributed by atoms with Crippen LogP contribution in [0.2, 0.25) is 0 Å². The first-order valence-corrected chi connectivity index (χ1v) is 31.5. The molecule has 432 valence electrons. The van der Waals surface area contributed by atoms with Crippen molar-refractivity contribution in [2.75, 3.05) is 13.2 Å². The molecule has 6 heteroatoms. The first-order valence-electron chi connectivity index (χ1n) is 31.5. The van der Waals surface area contributed by atoms with Crippen molar-refractivity contribution in [3.05, 3.63) is 122 Å². The molecule has 1 atom stereocenters. The van der Waals surface area contributed by atoms with Gasteiger partial charge in [0.15, 0.2) is 6.10 Å². The molecule has 0 bridgehead atoms. The molecule has 0 aliphatic rings. The van der Waals surface area contributed by atoms with Gasteiger partial charge in [-0.3, -0.25) is 14.4 Å². The van der Waals surface area contributed by atoms with Gasteiger partial charge in [0.25, 0.3) is 0 Å². The summed E-state index contributed by atoms with van der Waals surface area (Å²) in [4.78, 5) is 38.3. The molecule has 0 aromatic heterocycles. The van der Waals surface area contributed by atoms with E-state index in [4.69, 9.17) is 14.2 Å². The highest BCUT2D eigenvalue weighted by molar-refractivity contribution is 5.71. The Labute approximate surface area is 469 Å². The summed E-state index contributed by atoms with van der Waals surface area (Å²) in [5, 5.41) is 0. The quantitative estimate of drug-likeness (QED) is 0.0261. The third-order valence-electron chi connectivity index (χ3n) is 13.2. The van der Waals surface area contributed by atoms with Gasteiger partial charge in [-0.15, -0.1) is 0 Å². The fourth-order valence-electron chi connectivity index (χ4n) is 8.56. The lowest BCUT2D eigenvalue weighted by Crippen LogP contribution is -2.30. The number of esters is 3. The van der Waals surface area contributed by atoms with Crippen molar-refractivity contribution in [1.29, 1.82) is 0 Å². The molecule has 0 radical (unpaired) electrons. The highest BCUT2D eigenvalue weighted by Gasteiger charge is 2.19. The average Bonchev–Trinajstić information content (AvgIpc) is 3.42. The van der Waals surface area contributed by atoms with E-state index < -0.39 is 6.10 Å². The smallest absolute Gasteiger partial charge is 0.306 e. The summed E-state index contributed by atoms with van der Waals surface area (Å²) in [6, 6.07) is 0. The molecule has 0 aliphatic carbocycles. The largest absolute Gasteiger partial charge is 0.462 e. The number of unbranched alkanes of at least 4 members (excludes halogenated alkanes) is 25. The molecular formula is C70H116O6. The fourth-order valence-corrected chi connectivity index (χ4v) is 8.56. The normalized spacial score (nSPS) is 12.9. The van der Waals surface area contributed by atoms with Gasteiger partial charge in [-0.1, -0.05) is 284 Å². The van der Waals surface area contributed by atoms with Crippen LogP contribution in [0, 0.1) is 0 Å². The minimum Gasteiger partial charge on any atom is -0.462 e. The van der Waals surface area contributed by atoms with Crippen LogP contribution < -0.4 is 0 Å². The zero-order valence-electron chi connectivity index (χ0n) is 49.5. The third kappa shape index (κ3) is 60.7. The predicted molar refractivity (Wildman–Crippen MR) is 330 cm³/mol. The van der Waals surface area contributed by atoms with Crippen LogP contribution in [0.25, 0.3) is 0 Å². The zero-order valence-corrected chi connectivity index (χ0v) is 49.5. The second-order valence-corrected chi connectivity index (χ2v) is 20.6. The molecule has 0 aromatic rings. The zero-order chi connectivity index (χ0) is 55.0. The van der Waals surface area contributed by atoms with Crippen LogP contribution in [-0.4, -0.2) is 37.2 Å². The summed E-state index contributed by atoms with van der Waals surface area (Å²) in [7, 11) is 0. The van der Waals surface area contributed by atoms with E-state index in [0.717, 1.165) is 128 Å². The molecule has 1 unspecified atom stereocenters. The lowest BCUT2D eigenvalue weighted by molar-refractivity contribution is -0.167. The molecule has 0 rings (SSSR count). The van der Waals surface area contributed by atoms with E-state index in [1.807, 2.05) is 0 Å². The Morgan fingerprint density at radius 2 is 0.526 bits per heavy atom. The molecule has 0 spiro atoms. The van der Waals surface area contributed by atoms with Crippen molar-refractivity contribution >= 4 is 17.9 Å². The average molecular weight is 1050 g/mol. The van der Waals surface area contributed by atoms with Crippen LogP contribution in [0.5, 0.6) is 0 Å². The van der Waals surface area contributed by atoms with E-state index in [2.05, 4.69) is 142 Å². The molecule has 76 heavy (non-hydrogen) atoms. The Balaban J connectivity index is 4.49. The standard InChI is InChI=1S/C70H116O6/c1-4-7-10-13-16-19-22-25-28-31-33-35-37-39-42-45-48-51-54-57-60-63-69(72)75-66-67(65-74-68(71)62-59-56-53-50-47-44-41-38-30-27-24-21-18-15-12-9-6-3)76-70(73)64-61-58-55-52-49-46-43-40-36-34-32-29-26-23-20-17-14-11-8-5-2/h7,9-10,12,16,18-19,21,25,27-28,30,33,35,39,41-42,44,50,53,67H,4-6,8,11,13-15,17,20,22-24,26,29,31-32,34,36-38,40,43,45-49,51-52,54-66H2,1-3H3/b10-7-,12-9-,19-16-,21-18-,28-25-,30-27-,35-33-,42-39-,44-41-,53-50-. The van der Waals surface area contributed by atoms with E-state index in [-0.39, 0.29) is 37.5 Å². The Morgan fingerprint density at radius 1 is 0.276 bits per heavy atom. The van der Waals surface area contributed by atoms with Crippen LogP contribution in [0.1, 0.15) is 284 Å². The Morgan fingerprint density at radius 3 is 0.855 bits per heavy atom. The molecule has 0 heterocycles. The Bertz CT molecular complexity index is 1590. The summed E-state index contributed by atoms with van der Waals surface area (Å²) in [5.74, 6) is -0.977. The lowest BCUT2D eigenvalue weighted by atomic mass is 10.0. The van der Waals surface area contributed by atoms with Gasteiger partial charge in [-0.05, 0) is 103 Å². The first kappa shape index (κ1) is 71.8.